The molecule has 0 aliphatic rings. The Labute approximate surface area is 159 Å². The molecule has 8 heteroatoms. The molecular formula is C19H19F3N2O2S. The van der Waals surface area contributed by atoms with Crippen LogP contribution in [-0.4, -0.2) is 22.8 Å². The first-order valence-corrected chi connectivity index (χ1v) is 9.16. The van der Waals surface area contributed by atoms with Crippen molar-refractivity contribution < 1.29 is 22.8 Å². The zero-order valence-electron chi connectivity index (χ0n) is 14.8. The van der Waals surface area contributed by atoms with Crippen LogP contribution in [0.15, 0.2) is 48.5 Å². The van der Waals surface area contributed by atoms with Gasteiger partial charge in [0, 0.05) is 11.4 Å². The first-order valence-electron chi connectivity index (χ1n) is 8.11. The van der Waals surface area contributed by atoms with E-state index >= 15 is 0 Å². The van der Waals surface area contributed by atoms with Gasteiger partial charge in [-0.25, -0.2) is 0 Å². The van der Waals surface area contributed by atoms with E-state index in [1.54, 1.807) is 19.1 Å². The lowest BCUT2D eigenvalue weighted by molar-refractivity contribution is -0.137. The van der Waals surface area contributed by atoms with Crippen molar-refractivity contribution >= 4 is 35.0 Å². The summed E-state index contributed by atoms with van der Waals surface area (Å²) in [4.78, 5) is 24.1. The van der Waals surface area contributed by atoms with Gasteiger partial charge in [0.15, 0.2) is 0 Å². The molecule has 2 aromatic rings. The maximum Gasteiger partial charge on any atom is 0.416 e. The van der Waals surface area contributed by atoms with Gasteiger partial charge in [0.25, 0.3) is 0 Å². The summed E-state index contributed by atoms with van der Waals surface area (Å²) < 4.78 is 38.1. The molecule has 0 saturated heterocycles. The largest absolute Gasteiger partial charge is 0.416 e. The molecule has 2 aromatic carbocycles. The molecule has 0 saturated carbocycles. The molecule has 2 amide bonds. The number of halogens is 3. The minimum absolute atomic E-state index is 0.0467. The van der Waals surface area contributed by atoms with Crippen LogP contribution in [0.4, 0.5) is 24.5 Å². The van der Waals surface area contributed by atoms with E-state index in [4.69, 9.17) is 0 Å². The minimum atomic E-state index is -4.48. The van der Waals surface area contributed by atoms with Crippen LogP contribution in [0.5, 0.6) is 0 Å². The molecule has 0 spiro atoms. The number of alkyl halides is 3. The van der Waals surface area contributed by atoms with Gasteiger partial charge in [0.05, 0.1) is 16.6 Å². The number of nitrogens with one attached hydrogen (secondary N) is 2. The second kappa shape index (κ2) is 8.94. The number of benzene rings is 2. The number of aryl methyl sites for hydroxylation is 1. The first kappa shape index (κ1) is 20.8. The molecule has 0 heterocycles. The number of anilines is 2. The Hall–Kier alpha value is -2.48. The van der Waals surface area contributed by atoms with Gasteiger partial charge in [-0.05, 0) is 44.2 Å². The number of carbonyl (C=O) groups is 2. The van der Waals surface area contributed by atoms with Crippen molar-refractivity contribution in [3.05, 3.63) is 59.7 Å². The SMILES string of the molecule is Cc1ccc(NC(=O)CSC(C)C(=O)Nc2cccc(C(F)(F)F)c2)cc1. The normalized spacial score (nSPS) is 12.3. The predicted molar refractivity (Wildman–Crippen MR) is 102 cm³/mol. The number of hydrogen-bond donors (Lipinski definition) is 2. The van der Waals surface area contributed by atoms with Crippen molar-refractivity contribution in [3.8, 4) is 0 Å². The van der Waals surface area contributed by atoms with E-state index in [0.717, 1.165) is 29.5 Å². The van der Waals surface area contributed by atoms with Crippen LogP contribution in [0.2, 0.25) is 0 Å². The maximum atomic E-state index is 12.7. The predicted octanol–water partition coefficient (Wildman–Crippen LogP) is 4.71. The monoisotopic (exact) mass is 396 g/mol. The average Bonchev–Trinajstić information content (AvgIpc) is 2.61. The Morgan fingerprint density at radius 1 is 1.04 bits per heavy atom. The summed E-state index contributed by atoms with van der Waals surface area (Å²) in [7, 11) is 0. The molecule has 0 bridgehead atoms. The second-order valence-corrected chi connectivity index (χ2v) is 7.26. The molecule has 2 rings (SSSR count). The highest BCUT2D eigenvalue weighted by Gasteiger charge is 2.30. The van der Waals surface area contributed by atoms with Crippen molar-refractivity contribution in [1.82, 2.24) is 0 Å². The summed E-state index contributed by atoms with van der Waals surface area (Å²) in [5.41, 5.74) is 0.957. The van der Waals surface area contributed by atoms with Gasteiger partial charge >= 0.3 is 6.18 Å². The molecule has 0 aliphatic heterocycles. The lowest BCUT2D eigenvalue weighted by Crippen LogP contribution is -2.25. The Kier molecular flexibility index (Phi) is 6.90. The van der Waals surface area contributed by atoms with Gasteiger partial charge in [0.2, 0.25) is 11.8 Å². The van der Waals surface area contributed by atoms with Crippen molar-refractivity contribution in [2.75, 3.05) is 16.4 Å². The molecule has 1 unspecified atom stereocenters. The molecule has 2 N–H and O–H groups in total. The summed E-state index contributed by atoms with van der Waals surface area (Å²) in [6, 6.07) is 11.7. The molecule has 27 heavy (non-hydrogen) atoms. The fourth-order valence-electron chi connectivity index (χ4n) is 2.13. The number of amides is 2. The van der Waals surface area contributed by atoms with Gasteiger partial charge in [0.1, 0.15) is 0 Å². The van der Waals surface area contributed by atoms with E-state index in [-0.39, 0.29) is 17.3 Å². The topological polar surface area (TPSA) is 58.2 Å². The Balaban J connectivity index is 1.85. The molecule has 0 aliphatic carbocycles. The molecule has 0 fully saturated rings. The van der Waals surface area contributed by atoms with E-state index in [0.29, 0.717) is 5.69 Å². The first-order chi connectivity index (χ1) is 12.6. The lowest BCUT2D eigenvalue weighted by atomic mass is 10.2. The van der Waals surface area contributed by atoms with Crippen LogP contribution in [0.25, 0.3) is 0 Å². The van der Waals surface area contributed by atoms with Crippen molar-refractivity contribution in [2.24, 2.45) is 0 Å². The fraction of sp³-hybridized carbons (Fsp3) is 0.263. The summed E-state index contributed by atoms with van der Waals surface area (Å²) in [6.07, 6.45) is -4.48. The van der Waals surface area contributed by atoms with Gasteiger partial charge in [-0.15, -0.1) is 11.8 Å². The number of hydrogen-bond acceptors (Lipinski definition) is 3. The number of rotatable bonds is 6. The van der Waals surface area contributed by atoms with E-state index < -0.39 is 22.9 Å². The van der Waals surface area contributed by atoms with Gasteiger partial charge in [-0.3, -0.25) is 9.59 Å². The molecule has 0 aromatic heterocycles. The van der Waals surface area contributed by atoms with Crippen LogP contribution in [0, 0.1) is 6.92 Å². The summed E-state index contributed by atoms with van der Waals surface area (Å²) >= 11 is 1.10. The van der Waals surface area contributed by atoms with Crippen LogP contribution in [0.1, 0.15) is 18.1 Å². The second-order valence-electron chi connectivity index (χ2n) is 5.94. The highest BCUT2D eigenvalue weighted by atomic mass is 32.2. The molecule has 0 radical (unpaired) electrons. The Bertz CT molecular complexity index is 807. The fourth-order valence-corrected chi connectivity index (χ4v) is 2.81. The van der Waals surface area contributed by atoms with Crippen molar-refractivity contribution in [2.45, 2.75) is 25.3 Å². The quantitative estimate of drug-likeness (QED) is 0.743. The highest BCUT2D eigenvalue weighted by Crippen LogP contribution is 2.30. The van der Waals surface area contributed by atoms with E-state index in [1.165, 1.54) is 12.1 Å². The molecular weight excluding hydrogens is 377 g/mol. The van der Waals surface area contributed by atoms with Gasteiger partial charge in [-0.2, -0.15) is 13.2 Å². The zero-order valence-corrected chi connectivity index (χ0v) is 15.6. The highest BCUT2D eigenvalue weighted by molar-refractivity contribution is 8.01. The van der Waals surface area contributed by atoms with Crippen LogP contribution in [0.3, 0.4) is 0 Å². The van der Waals surface area contributed by atoms with Crippen LogP contribution in [-0.2, 0) is 15.8 Å². The Morgan fingerprint density at radius 3 is 2.33 bits per heavy atom. The third-order valence-electron chi connectivity index (χ3n) is 3.63. The summed E-state index contributed by atoms with van der Waals surface area (Å²) in [6.45, 7) is 3.53. The molecule has 4 nitrogen and oxygen atoms in total. The van der Waals surface area contributed by atoms with E-state index in [1.807, 2.05) is 19.1 Å². The standard InChI is InChI=1S/C19H19F3N2O2S/c1-12-6-8-15(9-7-12)23-17(25)11-27-13(2)18(26)24-16-5-3-4-14(10-16)19(20,21)22/h3-10,13H,11H2,1-2H3,(H,23,25)(H,24,26). The summed E-state index contributed by atoms with van der Waals surface area (Å²) in [5.74, 6) is -0.685. The van der Waals surface area contributed by atoms with Gasteiger partial charge < -0.3 is 10.6 Å². The van der Waals surface area contributed by atoms with Crippen molar-refractivity contribution in [1.29, 1.82) is 0 Å². The third kappa shape index (κ3) is 6.63. The Morgan fingerprint density at radius 2 is 1.70 bits per heavy atom. The summed E-state index contributed by atoms with van der Waals surface area (Å²) in [5, 5.41) is 4.56. The van der Waals surface area contributed by atoms with Crippen LogP contribution < -0.4 is 10.6 Å². The molecule has 144 valence electrons. The number of carbonyl (C=O) groups excluding carboxylic acids is 2. The lowest BCUT2D eigenvalue weighted by Gasteiger charge is -2.13. The van der Waals surface area contributed by atoms with Gasteiger partial charge in [-0.1, -0.05) is 23.8 Å². The van der Waals surface area contributed by atoms with Crippen LogP contribution >= 0.6 is 11.8 Å². The average molecular weight is 396 g/mol. The number of thioether (sulfide) groups is 1. The third-order valence-corrected chi connectivity index (χ3v) is 4.77. The smallest absolute Gasteiger partial charge is 0.325 e. The van der Waals surface area contributed by atoms with Crippen molar-refractivity contribution in [3.63, 3.8) is 0 Å². The maximum absolute atomic E-state index is 12.7. The minimum Gasteiger partial charge on any atom is -0.325 e. The zero-order chi connectivity index (χ0) is 20.0. The van der Waals surface area contributed by atoms with E-state index in [2.05, 4.69) is 10.6 Å². The van der Waals surface area contributed by atoms with E-state index in [9.17, 15) is 22.8 Å². The molecule has 1 atom stereocenters.